The Balaban J connectivity index is 0.000000718. The Morgan fingerprint density at radius 2 is 1.71 bits per heavy atom. The van der Waals surface area contributed by atoms with Crippen LogP contribution in [-0.4, -0.2) is 76.9 Å². The van der Waals surface area contributed by atoms with Gasteiger partial charge in [0.1, 0.15) is 6.61 Å². The molecule has 1 aromatic carbocycles. The molecule has 1 heterocycles. The lowest BCUT2D eigenvalue weighted by molar-refractivity contribution is -0.192. The van der Waals surface area contributed by atoms with Crippen molar-refractivity contribution in [2.45, 2.75) is 38.5 Å². The number of carboxylic acids is 2. The van der Waals surface area contributed by atoms with Crippen molar-refractivity contribution in [1.82, 2.24) is 4.90 Å². The molecular weight excluding hydrogens is 463 g/mol. The maximum Gasteiger partial charge on any atom is 0.490 e. The summed E-state index contributed by atoms with van der Waals surface area (Å²) in [5.41, 5.74) is 1.34. The molecule has 0 radical (unpaired) electrons. The number of piperidine rings is 1. The molecule has 0 spiro atoms. The van der Waals surface area contributed by atoms with Crippen LogP contribution in [0.4, 0.5) is 13.2 Å². The molecule has 0 aliphatic carbocycles. The summed E-state index contributed by atoms with van der Waals surface area (Å²) in [5, 5.41) is 19.2. The molecule has 0 aromatic heterocycles. The number of hydrogen-bond donors (Lipinski definition) is 3. The molecule has 1 aromatic rings. The molecule has 10 nitrogen and oxygen atoms in total. The van der Waals surface area contributed by atoms with E-state index in [1.54, 1.807) is 36.1 Å². The first-order valence-corrected chi connectivity index (χ1v) is 10.1. The van der Waals surface area contributed by atoms with Gasteiger partial charge in [0.15, 0.2) is 5.78 Å². The third kappa shape index (κ3) is 9.98. The standard InChI is InChI=1S/C19H25N3O5.C2HF3O2/c1-13(19(26)15-4-2-14(3-5-15)11-21-20)10-17(23)22-8-6-16(7-9-22)27-12-18(24)25;3-2(4,5)1(6)7/h2-5,11,13,16H,6-10,12,20H2,1H3,(H,24,25);(H,6,7). The maximum absolute atomic E-state index is 12.5. The summed E-state index contributed by atoms with van der Waals surface area (Å²) in [5.74, 6) is 0.767. The number of likely N-dealkylation sites (tertiary alicyclic amines) is 1. The zero-order valence-corrected chi connectivity index (χ0v) is 18.3. The van der Waals surface area contributed by atoms with E-state index in [2.05, 4.69) is 5.10 Å². The number of ketones is 1. The quantitative estimate of drug-likeness (QED) is 0.216. The number of halogens is 3. The lowest BCUT2D eigenvalue weighted by Gasteiger charge is -2.32. The summed E-state index contributed by atoms with van der Waals surface area (Å²) in [7, 11) is 0. The second kappa shape index (κ2) is 13.3. The van der Waals surface area contributed by atoms with Gasteiger partial charge >= 0.3 is 18.1 Å². The summed E-state index contributed by atoms with van der Waals surface area (Å²) in [6.07, 6.45) is -2.38. The number of aliphatic carboxylic acids is 2. The first kappa shape index (κ1) is 28.6. The van der Waals surface area contributed by atoms with Crippen molar-refractivity contribution in [3.63, 3.8) is 0 Å². The number of amides is 1. The van der Waals surface area contributed by atoms with Gasteiger partial charge in [-0.1, -0.05) is 31.2 Å². The summed E-state index contributed by atoms with van der Waals surface area (Å²) >= 11 is 0. The number of alkyl halides is 3. The first-order chi connectivity index (χ1) is 15.8. The Hall–Kier alpha value is -3.48. The largest absolute Gasteiger partial charge is 0.490 e. The highest BCUT2D eigenvalue weighted by Gasteiger charge is 2.38. The van der Waals surface area contributed by atoms with E-state index in [0.717, 1.165) is 5.56 Å². The molecule has 4 N–H and O–H groups in total. The highest BCUT2D eigenvalue weighted by atomic mass is 19.4. The molecule has 1 aliphatic rings. The van der Waals surface area contributed by atoms with Crippen LogP contribution in [0.25, 0.3) is 0 Å². The molecule has 1 atom stereocenters. The van der Waals surface area contributed by atoms with Gasteiger partial charge in [-0.2, -0.15) is 18.3 Å². The molecule has 13 heteroatoms. The summed E-state index contributed by atoms with van der Waals surface area (Å²) in [4.78, 5) is 46.1. The minimum absolute atomic E-state index is 0.0700. The van der Waals surface area contributed by atoms with Crippen LogP contribution in [-0.2, 0) is 19.1 Å². The number of carbonyl (C=O) groups is 4. The van der Waals surface area contributed by atoms with E-state index in [-0.39, 0.29) is 30.8 Å². The highest BCUT2D eigenvalue weighted by Crippen LogP contribution is 2.18. The number of Topliss-reactive ketones (excluding diaryl/α,β-unsaturated/α-hetero) is 1. The third-order valence-electron chi connectivity index (χ3n) is 4.83. The molecule has 1 saturated heterocycles. The number of carbonyl (C=O) groups excluding carboxylic acids is 2. The highest BCUT2D eigenvalue weighted by molar-refractivity contribution is 6.00. The van der Waals surface area contributed by atoms with Gasteiger partial charge in [-0.05, 0) is 18.4 Å². The Morgan fingerprint density at radius 1 is 1.18 bits per heavy atom. The Kier molecular flexibility index (Phi) is 11.2. The van der Waals surface area contributed by atoms with Crippen LogP contribution in [0.2, 0.25) is 0 Å². The van der Waals surface area contributed by atoms with Crippen LogP contribution in [0.15, 0.2) is 29.4 Å². The van der Waals surface area contributed by atoms with Gasteiger partial charge in [0.2, 0.25) is 5.91 Å². The molecule has 1 unspecified atom stereocenters. The van der Waals surface area contributed by atoms with Gasteiger partial charge in [0.05, 0.1) is 12.3 Å². The Morgan fingerprint density at radius 3 is 2.15 bits per heavy atom. The summed E-state index contributed by atoms with van der Waals surface area (Å²) in [6, 6.07) is 6.90. The zero-order chi connectivity index (χ0) is 25.9. The topological polar surface area (TPSA) is 160 Å². The number of hydrogen-bond acceptors (Lipinski definition) is 7. The molecule has 188 valence electrons. The minimum Gasteiger partial charge on any atom is -0.480 e. The van der Waals surface area contributed by atoms with Gasteiger partial charge in [-0.3, -0.25) is 9.59 Å². The van der Waals surface area contributed by atoms with Crippen LogP contribution in [0, 0.1) is 5.92 Å². The monoisotopic (exact) mass is 489 g/mol. The van der Waals surface area contributed by atoms with E-state index >= 15 is 0 Å². The second-order valence-corrected chi connectivity index (χ2v) is 7.46. The fourth-order valence-corrected chi connectivity index (χ4v) is 3.05. The van der Waals surface area contributed by atoms with E-state index in [1.807, 2.05) is 0 Å². The Labute approximate surface area is 193 Å². The van der Waals surface area contributed by atoms with Crippen molar-refractivity contribution in [3.8, 4) is 0 Å². The number of nitrogens with zero attached hydrogens (tertiary/aromatic N) is 2. The van der Waals surface area contributed by atoms with Crippen molar-refractivity contribution in [3.05, 3.63) is 35.4 Å². The predicted octanol–water partition coefficient (Wildman–Crippen LogP) is 1.91. The summed E-state index contributed by atoms with van der Waals surface area (Å²) in [6.45, 7) is 2.45. The van der Waals surface area contributed by atoms with Crippen molar-refractivity contribution in [2.24, 2.45) is 16.9 Å². The van der Waals surface area contributed by atoms with E-state index < -0.39 is 24.0 Å². The fraction of sp³-hybridized carbons (Fsp3) is 0.476. The molecule has 1 fully saturated rings. The maximum atomic E-state index is 12.5. The Bertz CT molecular complexity index is 881. The van der Waals surface area contributed by atoms with Gasteiger partial charge in [0.25, 0.3) is 0 Å². The molecule has 1 aliphatic heterocycles. The number of rotatable bonds is 8. The molecule has 1 amide bonds. The normalized spacial score (nSPS) is 15.4. The van der Waals surface area contributed by atoms with Crippen LogP contribution >= 0.6 is 0 Å². The van der Waals surface area contributed by atoms with E-state index in [4.69, 9.17) is 25.6 Å². The number of nitrogens with two attached hydrogens (primary N) is 1. The van der Waals surface area contributed by atoms with Gasteiger partial charge in [-0.15, -0.1) is 0 Å². The molecule has 0 saturated carbocycles. The fourth-order valence-electron chi connectivity index (χ4n) is 3.05. The molecule has 34 heavy (non-hydrogen) atoms. The number of ether oxygens (including phenoxy) is 1. The zero-order valence-electron chi connectivity index (χ0n) is 18.3. The van der Waals surface area contributed by atoms with Crippen LogP contribution in [0.5, 0.6) is 0 Å². The second-order valence-electron chi connectivity index (χ2n) is 7.46. The van der Waals surface area contributed by atoms with Gasteiger partial charge < -0.3 is 25.7 Å². The average Bonchev–Trinajstić information content (AvgIpc) is 2.78. The SMILES string of the molecule is CC(CC(=O)N1CCC(OCC(=O)O)CC1)C(=O)c1ccc(C=NN)cc1.O=C(O)C(F)(F)F. The van der Waals surface area contributed by atoms with E-state index in [0.29, 0.717) is 31.5 Å². The van der Waals surface area contributed by atoms with Crippen LogP contribution in [0.3, 0.4) is 0 Å². The average molecular weight is 489 g/mol. The van der Waals surface area contributed by atoms with Crippen molar-refractivity contribution in [1.29, 1.82) is 0 Å². The number of carboxylic acid groups (broad SMARTS) is 2. The molecular formula is C21H26F3N3O7. The van der Waals surface area contributed by atoms with Crippen LogP contribution in [0.1, 0.15) is 42.1 Å². The number of benzene rings is 1. The third-order valence-corrected chi connectivity index (χ3v) is 4.83. The van der Waals surface area contributed by atoms with E-state index in [9.17, 15) is 27.6 Å². The van der Waals surface area contributed by atoms with Gasteiger partial charge in [0, 0.05) is 31.0 Å². The molecule has 2 rings (SSSR count). The number of hydrazone groups is 1. The van der Waals surface area contributed by atoms with Crippen molar-refractivity contribution < 1.29 is 47.3 Å². The van der Waals surface area contributed by atoms with Crippen molar-refractivity contribution >= 4 is 29.8 Å². The minimum atomic E-state index is -5.08. The van der Waals surface area contributed by atoms with E-state index in [1.165, 1.54) is 6.21 Å². The predicted molar refractivity (Wildman–Crippen MR) is 113 cm³/mol. The summed E-state index contributed by atoms with van der Waals surface area (Å²) < 4.78 is 37.0. The molecule has 0 bridgehead atoms. The lowest BCUT2D eigenvalue weighted by atomic mass is 9.95. The lowest BCUT2D eigenvalue weighted by Crippen LogP contribution is -2.42. The smallest absolute Gasteiger partial charge is 0.480 e. The first-order valence-electron chi connectivity index (χ1n) is 10.1. The van der Waals surface area contributed by atoms with Gasteiger partial charge in [-0.25, -0.2) is 9.59 Å². The van der Waals surface area contributed by atoms with Crippen LogP contribution < -0.4 is 5.84 Å². The van der Waals surface area contributed by atoms with Crippen molar-refractivity contribution in [2.75, 3.05) is 19.7 Å².